The average molecular weight is 491 g/mol. The van der Waals surface area contributed by atoms with E-state index in [0.29, 0.717) is 36.9 Å². The topological polar surface area (TPSA) is 92.6 Å². The molecule has 0 N–H and O–H groups in total. The van der Waals surface area contributed by atoms with E-state index in [1.165, 1.54) is 30.3 Å². The van der Waals surface area contributed by atoms with Gasteiger partial charge in [-0.2, -0.15) is 5.10 Å². The molecule has 0 atom stereocenters. The summed E-state index contributed by atoms with van der Waals surface area (Å²) in [4.78, 5) is 28.4. The van der Waals surface area contributed by atoms with Crippen molar-refractivity contribution < 1.29 is 17.6 Å². The zero-order valence-corrected chi connectivity index (χ0v) is 19.0. The molecule has 0 radical (unpaired) electrons. The van der Waals surface area contributed by atoms with Gasteiger partial charge in [-0.1, -0.05) is 23.7 Å². The lowest BCUT2D eigenvalue weighted by Crippen LogP contribution is -2.50. The molecule has 1 saturated heterocycles. The molecule has 8 nitrogen and oxygen atoms in total. The van der Waals surface area contributed by atoms with Crippen LogP contribution in [0.15, 0.2) is 75.4 Å². The van der Waals surface area contributed by atoms with Gasteiger partial charge < -0.3 is 9.80 Å². The summed E-state index contributed by atoms with van der Waals surface area (Å²) in [5.74, 6) is -0.703. The Bertz CT molecular complexity index is 1340. The number of amides is 1. The standard InChI is InChI=1S/C22H20ClFN4O4S/c23-16-5-7-17(8-6-16)33(31,32)20-9-10-21(29)28(25-20)15-22(30)27-13-11-26(12-14-27)19-4-2-1-3-18(19)24/h1-10H,11-15H2. The summed E-state index contributed by atoms with van der Waals surface area (Å²) in [5, 5.41) is 3.96. The lowest BCUT2D eigenvalue weighted by Gasteiger charge is -2.36. The number of carbonyl (C=O) groups is 1. The molecule has 1 amide bonds. The summed E-state index contributed by atoms with van der Waals surface area (Å²) < 4.78 is 40.5. The third-order valence-corrected chi connectivity index (χ3v) is 7.27. The number of anilines is 1. The van der Waals surface area contributed by atoms with Gasteiger partial charge in [0.2, 0.25) is 15.7 Å². The smallest absolute Gasteiger partial charge is 0.267 e. The lowest BCUT2D eigenvalue weighted by molar-refractivity contribution is -0.132. The van der Waals surface area contributed by atoms with Crippen LogP contribution in [0.1, 0.15) is 0 Å². The van der Waals surface area contributed by atoms with Crippen molar-refractivity contribution in [2.45, 2.75) is 16.5 Å². The van der Waals surface area contributed by atoms with Crippen molar-refractivity contribution in [3.63, 3.8) is 0 Å². The van der Waals surface area contributed by atoms with Gasteiger partial charge in [-0.3, -0.25) is 9.59 Å². The van der Waals surface area contributed by atoms with E-state index in [1.54, 1.807) is 23.1 Å². The molecule has 0 bridgehead atoms. The third-order valence-electron chi connectivity index (χ3n) is 5.35. The Morgan fingerprint density at radius 1 is 0.970 bits per heavy atom. The Balaban J connectivity index is 1.47. The number of aromatic nitrogens is 2. The molecular weight excluding hydrogens is 471 g/mol. The van der Waals surface area contributed by atoms with Crippen molar-refractivity contribution in [2.24, 2.45) is 0 Å². The van der Waals surface area contributed by atoms with Crippen LogP contribution in [0.4, 0.5) is 10.1 Å². The van der Waals surface area contributed by atoms with Gasteiger partial charge in [-0.25, -0.2) is 17.5 Å². The lowest BCUT2D eigenvalue weighted by atomic mass is 10.2. The van der Waals surface area contributed by atoms with Crippen molar-refractivity contribution in [3.8, 4) is 0 Å². The minimum absolute atomic E-state index is 0.0276. The Hall–Kier alpha value is -3.24. The first kappa shape index (κ1) is 22.9. The van der Waals surface area contributed by atoms with Crippen molar-refractivity contribution in [1.29, 1.82) is 0 Å². The van der Waals surface area contributed by atoms with Crippen LogP contribution in [0.3, 0.4) is 0 Å². The Kier molecular flexibility index (Phi) is 6.48. The summed E-state index contributed by atoms with van der Waals surface area (Å²) in [6, 6.07) is 14.2. The summed E-state index contributed by atoms with van der Waals surface area (Å²) >= 11 is 5.82. The molecule has 33 heavy (non-hydrogen) atoms. The van der Waals surface area contributed by atoms with E-state index >= 15 is 0 Å². The maximum absolute atomic E-state index is 14.0. The SMILES string of the molecule is O=C(Cn1nc(S(=O)(=O)c2ccc(Cl)cc2)ccc1=O)N1CCN(c2ccccc2F)CC1. The molecule has 0 aliphatic carbocycles. The monoisotopic (exact) mass is 490 g/mol. The molecule has 3 aromatic rings. The molecule has 1 aromatic heterocycles. The average Bonchev–Trinajstić information content (AvgIpc) is 2.81. The first-order chi connectivity index (χ1) is 15.8. The minimum atomic E-state index is -3.99. The molecule has 0 spiro atoms. The highest BCUT2D eigenvalue weighted by Crippen LogP contribution is 2.21. The second-order valence-electron chi connectivity index (χ2n) is 7.44. The van der Waals surface area contributed by atoms with Gasteiger partial charge in [0.15, 0.2) is 5.03 Å². The minimum Gasteiger partial charge on any atom is -0.366 e. The predicted molar refractivity (Wildman–Crippen MR) is 121 cm³/mol. The molecule has 2 aromatic carbocycles. The number of hydrogen-bond donors (Lipinski definition) is 0. The molecule has 2 heterocycles. The summed E-state index contributed by atoms with van der Waals surface area (Å²) in [7, 11) is -3.99. The number of para-hydroxylation sites is 1. The van der Waals surface area contributed by atoms with Crippen LogP contribution in [0.5, 0.6) is 0 Å². The molecule has 1 fully saturated rings. The van der Waals surface area contributed by atoms with Gasteiger partial charge in [0.1, 0.15) is 12.4 Å². The molecule has 172 valence electrons. The zero-order valence-electron chi connectivity index (χ0n) is 17.4. The second kappa shape index (κ2) is 9.32. The van der Waals surface area contributed by atoms with Gasteiger partial charge in [-0.05, 0) is 42.5 Å². The van der Waals surface area contributed by atoms with Crippen LogP contribution in [-0.2, 0) is 21.2 Å². The normalized spacial score (nSPS) is 14.4. The van der Waals surface area contributed by atoms with Crippen LogP contribution in [-0.4, -0.2) is 55.2 Å². The maximum atomic E-state index is 14.0. The molecule has 4 rings (SSSR count). The molecule has 0 unspecified atom stereocenters. The zero-order chi connectivity index (χ0) is 23.6. The highest BCUT2D eigenvalue weighted by atomic mass is 35.5. The fraction of sp³-hybridized carbons (Fsp3) is 0.227. The predicted octanol–water partition coefficient (Wildman–Crippen LogP) is 2.22. The fourth-order valence-corrected chi connectivity index (χ4v) is 4.87. The van der Waals surface area contributed by atoms with Crippen LogP contribution in [0.2, 0.25) is 5.02 Å². The first-order valence-corrected chi connectivity index (χ1v) is 12.0. The second-order valence-corrected chi connectivity index (χ2v) is 9.78. The highest BCUT2D eigenvalue weighted by molar-refractivity contribution is 7.91. The first-order valence-electron chi connectivity index (χ1n) is 10.1. The van der Waals surface area contributed by atoms with Crippen molar-refractivity contribution >= 4 is 33.0 Å². The number of rotatable bonds is 5. The molecule has 1 aliphatic heterocycles. The van der Waals surface area contributed by atoms with Crippen molar-refractivity contribution in [2.75, 3.05) is 31.1 Å². The Morgan fingerprint density at radius 3 is 2.30 bits per heavy atom. The van der Waals surface area contributed by atoms with Gasteiger partial charge in [0, 0.05) is 37.3 Å². The number of hydrogen-bond acceptors (Lipinski definition) is 6. The summed E-state index contributed by atoms with van der Waals surface area (Å²) in [6.07, 6.45) is 0. The van der Waals surface area contributed by atoms with Crippen LogP contribution < -0.4 is 10.5 Å². The third kappa shape index (κ3) is 4.91. The van der Waals surface area contributed by atoms with E-state index < -0.39 is 21.9 Å². The summed E-state index contributed by atoms with van der Waals surface area (Å²) in [6.45, 7) is 1.14. The molecule has 0 saturated carbocycles. The van der Waals surface area contributed by atoms with Crippen molar-refractivity contribution in [3.05, 3.63) is 81.9 Å². The summed E-state index contributed by atoms with van der Waals surface area (Å²) in [5.41, 5.74) is -0.119. The highest BCUT2D eigenvalue weighted by Gasteiger charge is 2.25. The molecule has 11 heteroatoms. The van der Waals surface area contributed by atoms with Gasteiger partial charge in [0.25, 0.3) is 5.56 Å². The van der Waals surface area contributed by atoms with E-state index in [-0.39, 0.29) is 21.6 Å². The van der Waals surface area contributed by atoms with Crippen LogP contribution >= 0.6 is 11.6 Å². The van der Waals surface area contributed by atoms with E-state index in [0.717, 1.165) is 16.8 Å². The molecular formula is C22H20ClFN4O4S. The number of halogens is 2. The van der Waals surface area contributed by atoms with E-state index in [9.17, 15) is 22.4 Å². The molecule has 1 aliphatic rings. The number of nitrogens with zero attached hydrogens (tertiary/aromatic N) is 4. The number of carbonyl (C=O) groups excluding carboxylic acids is 1. The van der Waals surface area contributed by atoms with E-state index in [2.05, 4.69) is 5.10 Å². The largest absolute Gasteiger partial charge is 0.366 e. The van der Waals surface area contributed by atoms with E-state index in [4.69, 9.17) is 11.6 Å². The van der Waals surface area contributed by atoms with Crippen molar-refractivity contribution in [1.82, 2.24) is 14.7 Å². The maximum Gasteiger partial charge on any atom is 0.267 e. The van der Waals surface area contributed by atoms with Gasteiger partial charge >= 0.3 is 0 Å². The van der Waals surface area contributed by atoms with Gasteiger partial charge in [-0.15, -0.1) is 0 Å². The Morgan fingerprint density at radius 2 is 1.64 bits per heavy atom. The van der Waals surface area contributed by atoms with Gasteiger partial charge in [0.05, 0.1) is 10.6 Å². The quantitative estimate of drug-likeness (QED) is 0.544. The van der Waals surface area contributed by atoms with E-state index in [1.807, 2.05) is 4.90 Å². The van der Waals surface area contributed by atoms with Crippen LogP contribution in [0, 0.1) is 5.82 Å². The number of sulfone groups is 1. The fourth-order valence-electron chi connectivity index (χ4n) is 3.55. The van der Waals surface area contributed by atoms with Crippen LogP contribution in [0.25, 0.3) is 0 Å². The Labute approximate surface area is 194 Å². The number of benzene rings is 2. The number of piperazine rings is 1.